The van der Waals surface area contributed by atoms with Gasteiger partial charge in [0.25, 0.3) is 0 Å². The molecule has 1 amide bonds. The molecule has 0 fully saturated rings. The van der Waals surface area contributed by atoms with Gasteiger partial charge in [-0.2, -0.15) is 0 Å². The van der Waals surface area contributed by atoms with E-state index in [1.807, 2.05) is 6.92 Å². The first-order chi connectivity index (χ1) is 9.86. The number of carbonyl (C=O) groups is 1. The van der Waals surface area contributed by atoms with Crippen molar-refractivity contribution in [2.24, 2.45) is 0 Å². The average molecular weight is 314 g/mol. The first-order valence-electron chi connectivity index (χ1n) is 6.82. The van der Waals surface area contributed by atoms with Crippen LogP contribution in [0.2, 0.25) is 0 Å². The molecule has 0 spiro atoms. The molecular weight excluding hydrogens is 292 g/mol. The fourth-order valence-corrected chi connectivity index (χ4v) is 3.12. The molecule has 0 aliphatic heterocycles. The van der Waals surface area contributed by atoms with Crippen LogP contribution in [0.15, 0.2) is 23.1 Å². The van der Waals surface area contributed by atoms with Crippen LogP contribution >= 0.6 is 0 Å². The van der Waals surface area contributed by atoms with Crippen molar-refractivity contribution >= 4 is 21.6 Å². The second-order valence-electron chi connectivity index (χ2n) is 4.61. The smallest absolute Gasteiger partial charge is 0.240 e. The number of ether oxygens (including phenoxy) is 1. The molecule has 0 aromatic heterocycles. The lowest BCUT2D eigenvalue weighted by atomic mass is 10.2. The van der Waals surface area contributed by atoms with Gasteiger partial charge < -0.3 is 10.1 Å². The van der Waals surface area contributed by atoms with Gasteiger partial charge in [-0.05, 0) is 38.0 Å². The number of nitrogens with one attached hydrogen (secondary N) is 2. The summed E-state index contributed by atoms with van der Waals surface area (Å²) in [6, 6.07) is 4.80. The summed E-state index contributed by atoms with van der Waals surface area (Å²) in [5.74, 6) is -0.244. The van der Waals surface area contributed by atoms with E-state index in [0.29, 0.717) is 37.4 Å². The molecule has 118 valence electrons. The number of carbonyl (C=O) groups excluding carboxylic acids is 1. The van der Waals surface area contributed by atoms with E-state index >= 15 is 0 Å². The maximum Gasteiger partial charge on any atom is 0.240 e. The van der Waals surface area contributed by atoms with E-state index in [9.17, 15) is 13.2 Å². The average Bonchev–Trinajstić information content (AvgIpc) is 2.40. The standard InChI is InChI=1S/C14H22N2O4S/c1-4-20-9-5-8-15-21(18,19)14-10-13(16-12(3)17)7-6-11(14)2/h6-7,10,15H,4-5,8-9H2,1-3H3,(H,16,17). The summed E-state index contributed by atoms with van der Waals surface area (Å²) in [6.45, 7) is 6.42. The molecule has 0 unspecified atom stereocenters. The van der Waals surface area contributed by atoms with Crippen molar-refractivity contribution in [1.29, 1.82) is 0 Å². The molecular formula is C14H22N2O4S. The van der Waals surface area contributed by atoms with Gasteiger partial charge in [0.2, 0.25) is 15.9 Å². The van der Waals surface area contributed by atoms with E-state index < -0.39 is 10.0 Å². The molecule has 0 atom stereocenters. The summed E-state index contributed by atoms with van der Waals surface area (Å²) in [6.07, 6.45) is 0.609. The first kappa shape index (κ1) is 17.6. The number of benzene rings is 1. The molecule has 0 radical (unpaired) electrons. The Labute approximate surface area is 125 Å². The monoisotopic (exact) mass is 314 g/mol. The zero-order valence-corrected chi connectivity index (χ0v) is 13.4. The van der Waals surface area contributed by atoms with Crippen LogP contribution in [0.25, 0.3) is 0 Å². The topological polar surface area (TPSA) is 84.5 Å². The van der Waals surface area contributed by atoms with Crippen LogP contribution in [0.3, 0.4) is 0 Å². The lowest BCUT2D eigenvalue weighted by Crippen LogP contribution is -2.26. The van der Waals surface area contributed by atoms with E-state index in [1.54, 1.807) is 19.1 Å². The Bertz CT molecular complexity index is 585. The van der Waals surface area contributed by atoms with E-state index in [0.717, 1.165) is 0 Å². The number of amides is 1. The number of hydrogen-bond donors (Lipinski definition) is 2. The van der Waals surface area contributed by atoms with Crippen LogP contribution in [-0.4, -0.2) is 34.1 Å². The molecule has 0 saturated heterocycles. The fraction of sp³-hybridized carbons (Fsp3) is 0.500. The number of hydrogen-bond acceptors (Lipinski definition) is 4. The van der Waals surface area contributed by atoms with Gasteiger partial charge in [-0.15, -0.1) is 0 Å². The molecule has 21 heavy (non-hydrogen) atoms. The molecule has 1 rings (SSSR count). The van der Waals surface area contributed by atoms with Gasteiger partial charge in [0.05, 0.1) is 4.90 Å². The van der Waals surface area contributed by atoms with Gasteiger partial charge in [0.1, 0.15) is 0 Å². The minimum atomic E-state index is -3.59. The zero-order chi connectivity index (χ0) is 15.9. The third-order valence-electron chi connectivity index (χ3n) is 2.76. The largest absolute Gasteiger partial charge is 0.382 e. The van der Waals surface area contributed by atoms with Crippen molar-refractivity contribution in [1.82, 2.24) is 4.72 Å². The lowest BCUT2D eigenvalue weighted by Gasteiger charge is -2.11. The summed E-state index contributed by atoms with van der Waals surface area (Å²) >= 11 is 0. The molecule has 0 saturated carbocycles. The third kappa shape index (κ3) is 5.82. The van der Waals surface area contributed by atoms with Gasteiger partial charge in [-0.3, -0.25) is 4.79 Å². The number of sulfonamides is 1. The van der Waals surface area contributed by atoms with Gasteiger partial charge in [0, 0.05) is 32.4 Å². The van der Waals surface area contributed by atoms with Gasteiger partial charge in [-0.1, -0.05) is 6.07 Å². The molecule has 1 aromatic rings. The number of rotatable bonds is 8. The Balaban J connectivity index is 2.79. The van der Waals surface area contributed by atoms with Crippen molar-refractivity contribution in [2.75, 3.05) is 25.1 Å². The molecule has 1 aromatic carbocycles. The van der Waals surface area contributed by atoms with Crippen molar-refractivity contribution < 1.29 is 17.9 Å². The third-order valence-corrected chi connectivity index (χ3v) is 4.36. The van der Waals surface area contributed by atoms with Crippen molar-refractivity contribution in [3.63, 3.8) is 0 Å². The Hall–Kier alpha value is -1.44. The van der Waals surface area contributed by atoms with Gasteiger partial charge in [-0.25, -0.2) is 13.1 Å². The molecule has 0 bridgehead atoms. The quantitative estimate of drug-likeness (QED) is 0.715. The normalized spacial score (nSPS) is 11.4. The maximum absolute atomic E-state index is 12.3. The SMILES string of the molecule is CCOCCCNS(=O)(=O)c1cc(NC(C)=O)ccc1C. The highest BCUT2D eigenvalue weighted by Crippen LogP contribution is 2.20. The second-order valence-corrected chi connectivity index (χ2v) is 6.35. The predicted molar refractivity (Wildman–Crippen MR) is 81.8 cm³/mol. The van der Waals surface area contributed by atoms with Crippen LogP contribution in [-0.2, 0) is 19.6 Å². The molecule has 7 heteroatoms. The van der Waals surface area contributed by atoms with Gasteiger partial charge >= 0.3 is 0 Å². The van der Waals surface area contributed by atoms with Crippen LogP contribution in [0.1, 0.15) is 25.8 Å². The predicted octanol–water partition coefficient (Wildman–Crippen LogP) is 1.66. The van der Waals surface area contributed by atoms with E-state index in [-0.39, 0.29) is 10.8 Å². The van der Waals surface area contributed by atoms with Crippen molar-refractivity contribution in [3.05, 3.63) is 23.8 Å². The Kier molecular flexibility index (Phi) is 6.80. The van der Waals surface area contributed by atoms with E-state index in [4.69, 9.17) is 4.74 Å². The maximum atomic E-state index is 12.3. The molecule has 2 N–H and O–H groups in total. The summed E-state index contributed by atoms with van der Waals surface area (Å²) in [4.78, 5) is 11.2. The summed E-state index contributed by atoms with van der Waals surface area (Å²) in [7, 11) is -3.59. The number of aryl methyl sites for hydroxylation is 1. The van der Waals surface area contributed by atoms with Crippen LogP contribution in [0.5, 0.6) is 0 Å². The summed E-state index contributed by atoms with van der Waals surface area (Å²) in [5.41, 5.74) is 1.09. The highest BCUT2D eigenvalue weighted by Gasteiger charge is 2.17. The molecule has 0 aliphatic rings. The highest BCUT2D eigenvalue weighted by atomic mass is 32.2. The van der Waals surface area contributed by atoms with E-state index in [2.05, 4.69) is 10.0 Å². The van der Waals surface area contributed by atoms with Crippen LogP contribution < -0.4 is 10.0 Å². The second kappa shape index (κ2) is 8.11. The lowest BCUT2D eigenvalue weighted by molar-refractivity contribution is -0.114. The van der Waals surface area contributed by atoms with Crippen LogP contribution in [0, 0.1) is 6.92 Å². The van der Waals surface area contributed by atoms with Crippen molar-refractivity contribution in [3.8, 4) is 0 Å². The minimum Gasteiger partial charge on any atom is -0.382 e. The highest BCUT2D eigenvalue weighted by molar-refractivity contribution is 7.89. The Morgan fingerprint density at radius 1 is 1.33 bits per heavy atom. The zero-order valence-electron chi connectivity index (χ0n) is 12.6. The van der Waals surface area contributed by atoms with E-state index in [1.165, 1.54) is 13.0 Å². The minimum absolute atomic E-state index is 0.171. The first-order valence-corrected chi connectivity index (χ1v) is 8.30. The molecule has 0 heterocycles. The van der Waals surface area contributed by atoms with Crippen molar-refractivity contribution in [2.45, 2.75) is 32.1 Å². The Morgan fingerprint density at radius 3 is 2.67 bits per heavy atom. The Morgan fingerprint density at radius 2 is 2.05 bits per heavy atom. The van der Waals surface area contributed by atoms with Gasteiger partial charge in [0.15, 0.2) is 0 Å². The van der Waals surface area contributed by atoms with Crippen LogP contribution in [0.4, 0.5) is 5.69 Å². The summed E-state index contributed by atoms with van der Waals surface area (Å²) < 4.78 is 32.2. The molecule has 0 aliphatic carbocycles. The summed E-state index contributed by atoms with van der Waals surface area (Å²) in [5, 5.41) is 2.58. The fourth-order valence-electron chi connectivity index (χ4n) is 1.77. The molecule has 6 nitrogen and oxygen atoms in total. The number of anilines is 1.